The molecule has 0 aromatic carbocycles. The third-order valence-electron chi connectivity index (χ3n) is 5.91. The van der Waals surface area contributed by atoms with Crippen molar-refractivity contribution < 1.29 is 9.53 Å². The number of hydrogen-bond acceptors (Lipinski definition) is 3. The first-order valence-electron chi connectivity index (χ1n) is 8.79. The average molecular weight is 327 g/mol. The maximum absolute atomic E-state index is 12.1. The van der Waals surface area contributed by atoms with Crippen LogP contribution in [0.3, 0.4) is 0 Å². The fourth-order valence-electron chi connectivity index (χ4n) is 3.99. The molecule has 24 heavy (non-hydrogen) atoms. The Morgan fingerprint density at radius 3 is 2.96 bits per heavy atom. The van der Waals surface area contributed by atoms with Gasteiger partial charge in [0.05, 0.1) is 24.9 Å². The number of fused-ring (bicyclic) bond motifs is 2. The highest BCUT2D eigenvalue weighted by Gasteiger charge is 2.57. The Bertz CT molecular complexity index is 780. The molecule has 3 heterocycles. The normalized spacial score (nSPS) is 29.8. The molecule has 1 aliphatic heterocycles. The molecule has 2 bridgehead atoms. The Morgan fingerprint density at radius 2 is 2.12 bits per heavy atom. The number of aromatic nitrogens is 2. The average Bonchev–Trinajstić information content (AvgIpc) is 2.88. The topological polar surface area (TPSA) is 56.1 Å². The van der Waals surface area contributed by atoms with Crippen molar-refractivity contribution in [2.24, 2.45) is 17.3 Å². The van der Waals surface area contributed by atoms with E-state index in [9.17, 15) is 4.79 Å². The lowest BCUT2D eigenvalue weighted by molar-refractivity contribution is -0.122. The standard InChI is InChI=1S/C19H25N3O2/c1-12-16-5-4-13-6-8-22(18(13)21-16)10-14-15(19(14,2)3)11-24-9-7-17(23)20-12/h4-6,8,12,14-15H,7,9-11H2,1-3H3,(H,20,23). The second kappa shape index (κ2) is 5.59. The fraction of sp³-hybridized carbons (Fsp3) is 0.579. The van der Waals surface area contributed by atoms with Crippen LogP contribution in [0.5, 0.6) is 0 Å². The minimum atomic E-state index is -0.0988. The van der Waals surface area contributed by atoms with Crippen molar-refractivity contribution in [1.82, 2.24) is 14.9 Å². The summed E-state index contributed by atoms with van der Waals surface area (Å²) in [5, 5.41) is 4.16. The van der Waals surface area contributed by atoms with Crippen molar-refractivity contribution in [3.8, 4) is 0 Å². The number of hydrogen-bond donors (Lipinski definition) is 1. The van der Waals surface area contributed by atoms with Crippen LogP contribution in [0.2, 0.25) is 0 Å². The second-order valence-corrected chi connectivity index (χ2v) is 7.77. The summed E-state index contributed by atoms with van der Waals surface area (Å²) in [7, 11) is 0. The van der Waals surface area contributed by atoms with Crippen LogP contribution < -0.4 is 5.32 Å². The van der Waals surface area contributed by atoms with E-state index in [1.165, 1.54) is 0 Å². The van der Waals surface area contributed by atoms with Crippen molar-refractivity contribution in [2.75, 3.05) is 13.2 Å². The Labute approximate surface area is 142 Å². The van der Waals surface area contributed by atoms with Crippen LogP contribution in [-0.4, -0.2) is 28.7 Å². The highest BCUT2D eigenvalue weighted by molar-refractivity contribution is 5.78. The van der Waals surface area contributed by atoms with Gasteiger partial charge in [-0.25, -0.2) is 4.98 Å². The van der Waals surface area contributed by atoms with Gasteiger partial charge in [0, 0.05) is 24.5 Å². The first kappa shape index (κ1) is 15.6. The molecule has 1 aliphatic carbocycles. The predicted octanol–water partition coefficient (Wildman–Crippen LogP) is 2.91. The van der Waals surface area contributed by atoms with E-state index in [0.29, 0.717) is 24.9 Å². The van der Waals surface area contributed by atoms with Crippen LogP contribution >= 0.6 is 0 Å². The zero-order chi connectivity index (χ0) is 16.9. The van der Waals surface area contributed by atoms with Crippen LogP contribution in [0, 0.1) is 17.3 Å². The number of pyridine rings is 1. The number of carbonyl (C=O) groups is 1. The summed E-state index contributed by atoms with van der Waals surface area (Å²) in [6, 6.07) is 6.12. The van der Waals surface area contributed by atoms with Gasteiger partial charge in [-0.3, -0.25) is 4.79 Å². The van der Waals surface area contributed by atoms with Crippen LogP contribution in [0.4, 0.5) is 0 Å². The summed E-state index contributed by atoms with van der Waals surface area (Å²) in [5.41, 5.74) is 2.19. The Balaban J connectivity index is 1.71. The monoisotopic (exact) mass is 327 g/mol. The van der Waals surface area contributed by atoms with Crippen molar-refractivity contribution in [3.05, 3.63) is 30.1 Å². The number of ether oxygens (including phenoxy) is 1. The zero-order valence-corrected chi connectivity index (χ0v) is 14.6. The molecule has 4 rings (SSSR count). The molecular weight excluding hydrogens is 302 g/mol. The minimum Gasteiger partial charge on any atom is -0.381 e. The van der Waals surface area contributed by atoms with Gasteiger partial charge in [0.1, 0.15) is 5.65 Å². The molecular formula is C19H25N3O2. The molecule has 2 aromatic rings. The lowest BCUT2D eigenvalue weighted by atomic mass is 10.1. The highest BCUT2D eigenvalue weighted by Crippen LogP contribution is 2.59. The smallest absolute Gasteiger partial charge is 0.222 e. The van der Waals surface area contributed by atoms with Crippen LogP contribution in [0.1, 0.15) is 38.9 Å². The molecule has 1 N–H and O–H groups in total. The second-order valence-electron chi connectivity index (χ2n) is 7.77. The van der Waals surface area contributed by atoms with E-state index in [4.69, 9.17) is 9.72 Å². The first-order valence-corrected chi connectivity index (χ1v) is 8.79. The maximum atomic E-state index is 12.1. The number of rotatable bonds is 0. The third kappa shape index (κ3) is 2.61. The summed E-state index contributed by atoms with van der Waals surface area (Å²) in [4.78, 5) is 16.9. The van der Waals surface area contributed by atoms with Gasteiger partial charge in [0.15, 0.2) is 0 Å². The molecule has 0 spiro atoms. The fourth-order valence-corrected chi connectivity index (χ4v) is 3.99. The van der Waals surface area contributed by atoms with Gasteiger partial charge in [-0.15, -0.1) is 0 Å². The number of amides is 1. The van der Waals surface area contributed by atoms with Gasteiger partial charge in [-0.1, -0.05) is 13.8 Å². The van der Waals surface area contributed by atoms with Gasteiger partial charge >= 0.3 is 0 Å². The van der Waals surface area contributed by atoms with E-state index in [1.54, 1.807) is 0 Å². The number of carbonyl (C=O) groups excluding carboxylic acids is 1. The quantitative estimate of drug-likeness (QED) is 0.809. The van der Waals surface area contributed by atoms with E-state index >= 15 is 0 Å². The SMILES string of the molecule is CC1NC(=O)CCOCC2C(Cn3ccc4ccc1nc43)C2(C)C. The molecule has 2 aliphatic rings. The summed E-state index contributed by atoms with van der Waals surface area (Å²) in [6.07, 6.45) is 2.53. The first-order chi connectivity index (χ1) is 11.5. The molecule has 128 valence electrons. The third-order valence-corrected chi connectivity index (χ3v) is 5.91. The van der Waals surface area contributed by atoms with Crippen molar-refractivity contribution >= 4 is 16.9 Å². The predicted molar refractivity (Wildman–Crippen MR) is 92.5 cm³/mol. The molecule has 0 saturated heterocycles. The minimum absolute atomic E-state index is 0.0171. The Morgan fingerprint density at radius 1 is 1.29 bits per heavy atom. The summed E-state index contributed by atoms with van der Waals surface area (Å²) < 4.78 is 8.05. The Hall–Kier alpha value is -1.88. The van der Waals surface area contributed by atoms with Crippen molar-refractivity contribution in [3.63, 3.8) is 0 Å². The highest BCUT2D eigenvalue weighted by atomic mass is 16.5. The van der Waals surface area contributed by atoms with Crippen LogP contribution in [0.15, 0.2) is 24.4 Å². The largest absolute Gasteiger partial charge is 0.381 e. The van der Waals surface area contributed by atoms with E-state index in [0.717, 1.165) is 29.9 Å². The van der Waals surface area contributed by atoms with E-state index in [-0.39, 0.29) is 17.4 Å². The van der Waals surface area contributed by atoms with Crippen LogP contribution in [0.25, 0.3) is 11.0 Å². The van der Waals surface area contributed by atoms with E-state index < -0.39 is 0 Å². The summed E-state index contributed by atoms with van der Waals surface area (Å²) in [5.74, 6) is 1.15. The van der Waals surface area contributed by atoms with Crippen molar-refractivity contribution in [2.45, 2.75) is 39.8 Å². The molecule has 3 atom stereocenters. The summed E-state index contributed by atoms with van der Waals surface area (Å²) in [6.45, 7) is 8.79. The van der Waals surface area contributed by atoms with Gasteiger partial charge in [-0.05, 0) is 42.4 Å². The number of nitrogens with zero attached hydrogens (tertiary/aromatic N) is 2. The van der Waals surface area contributed by atoms with Crippen LogP contribution in [-0.2, 0) is 16.1 Å². The van der Waals surface area contributed by atoms with E-state index in [1.807, 2.05) is 13.0 Å². The molecule has 1 fully saturated rings. The van der Waals surface area contributed by atoms with Crippen molar-refractivity contribution in [1.29, 1.82) is 0 Å². The molecule has 2 aromatic heterocycles. The van der Waals surface area contributed by atoms with Gasteiger partial charge in [0.2, 0.25) is 5.91 Å². The molecule has 1 amide bonds. The van der Waals surface area contributed by atoms with E-state index in [2.05, 4.69) is 42.1 Å². The van der Waals surface area contributed by atoms with Gasteiger partial charge in [-0.2, -0.15) is 0 Å². The molecule has 1 saturated carbocycles. The molecule has 5 nitrogen and oxygen atoms in total. The van der Waals surface area contributed by atoms with Gasteiger partial charge < -0.3 is 14.6 Å². The number of nitrogens with one attached hydrogen (secondary N) is 1. The van der Waals surface area contributed by atoms with Gasteiger partial charge in [0.25, 0.3) is 0 Å². The maximum Gasteiger partial charge on any atom is 0.222 e. The Kier molecular flexibility index (Phi) is 3.64. The lowest BCUT2D eigenvalue weighted by Crippen LogP contribution is -2.28. The molecule has 5 heteroatoms. The summed E-state index contributed by atoms with van der Waals surface area (Å²) >= 11 is 0. The lowest BCUT2D eigenvalue weighted by Gasteiger charge is -2.15. The molecule has 3 unspecified atom stereocenters. The zero-order valence-electron chi connectivity index (χ0n) is 14.6. The molecule has 0 radical (unpaired) electrons.